The van der Waals surface area contributed by atoms with Crippen molar-refractivity contribution in [3.63, 3.8) is 0 Å². The van der Waals surface area contributed by atoms with E-state index in [1.807, 2.05) is 78.9 Å². The summed E-state index contributed by atoms with van der Waals surface area (Å²) >= 11 is 1.65. The van der Waals surface area contributed by atoms with Crippen molar-refractivity contribution in [3.05, 3.63) is 120 Å². The Kier molecular flexibility index (Phi) is 5.46. The molecule has 1 aromatic heterocycles. The Bertz CT molecular complexity index is 1030. The zero-order chi connectivity index (χ0) is 19.2. The minimum atomic E-state index is 0.0125. The lowest BCUT2D eigenvalue weighted by atomic mass is 10.1. The fourth-order valence-electron chi connectivity index (χ4n) is 2.97. The molecule has 0 aliphatic heterocycles. The van der Waals surface area contributed by atoms with Crippen LogP contribution in [0.2, 0.25) is 0 Å². The smallest absolute Gasteiger partial charge is 0.185 e. The summed E-state index contributed by atoms with van der Waals surface area (Å²) in [6, 6.07) is 34.1. The Hall–Kier alpha value is -3.43. The molecule has 0 aliphatic carbocycles. The highest BCUT2D eigenvalue weighted by molar-refractivity contribution is 7.17. The number of para-hydroxylation sites is 2. The van der Waals surface area contributed by atoms with Crippen molar-refractivity contribution in [2.24, 2.45) is 0 Å². The number of hydrogen-bond acceptors (Lipinski definition) is 3. The van der Waals surface area contributed by atoms with E-state index in [1.165, 1.54) is 0 Å². The van der Waals surface area contributed by atoms with E-state index in [-0.39, 0.29) is 5.78 Å². The first-order valence-corrected chi connectivity index (χ1v) is 9.90. The number of carbonyl (C=O) groups excluding carboxylic acids is 1. The first kappa shape index (κ1) is 18.0. The first-order valence-electron chi connectivity index (χ1n) is 9.09. The van der Waals surface area contributed by atoms with Crippen molar-refractivity contribution >= 4 is 39.6 Å². The first-order chi connectivity index (χ1) is 13.8. The van der Waals surface area contributed by atoms with Gasteiger partial charge in [0.15, 0.2) is 5.78 Å². The van der Waals surface area contributed by atoms with E-state index in [4.69, 9.17) is 0 Å². The van der Waals surface area contributed by atoms with Crippen LogP contribution in [0.1, 0.15) is 15.2 Å². The monoisotopic (exact) mass is 381 g/mol. The van der Waals surface area contributed by atoms with Gasteiger partial charge >= 0.3 is 0 Å². The predicted molar refractivity (Wildman–Crippen MR) is 119 cm³/mol. The van der Waals surface area contributed by atoms with Gasteiger partial charge in [0.05, 0.1) is 0 Å². The van der Waals surface area contributed by atoms with E-state index < -0.39 is 0 Å². The molecule has 3 heteroatoms. The lowest BCUT2D eigenvalue weighted by Crippen LogP contribution is -2.07. The summed E-state index contributed by atoms with van der Waals surface area (Å²) in [4.78, 5) is 15.6. The fourth-order valence-corrected chi connectivity index (χ4v) is 3.92. The van der Waals surface area contributed by atoms with Gasteiger partial charge < -0.3 is 4.90 Å². The van der Waals surface area contributed by atoms with Crippen LogP contribution in [0.3, 0.4) is 0 Å². The van der Waals surface area contributed by atoms with Crippen molar-refractivity contribution in [2.45, 2.75) is 0 Å². The molecule has 0 radical (unpaired) electrons. The lowest BCUT2D eigenvalue weighted by Gasteiger charge is -2.23. The summed E-state index contributed by atoms with van der Waals surface area (Å²) in [5.41, 5.74) is 2.91. The number of ketones is 1. The maximum Gasteiger partial charge on any atom is 0.185 e. The maximum atomic E-state index is 12.3. The minimum Gasteiger partial charge on any atom is -0.302 e. The summed E-state index contributed by atoms with van der Waals surface area (Å²) < 4.78 is 0. The molecule has 0 atom stereocenters. The molecule has 2 nitrogen and oxygen atoms in total. The maximum absolute atomic E-state index is 12.3. The van der Waals surface area contributed by atoms with Crippen LogP contribution in [-0.4, -0.2) is 5.78 Å². The largest absolute Gasteiger partial charge is 0.302 e. The SMILES string of the molecule is O=C(/C=C/c1ccc(N(c2ccccc2)c2ccccc2)s1)c1ccccc1. The van der Waals surface area contributed by atoms with Crippen molar-refractivity contribution < 1.29 is 4.79 Å². The van der Waals surface area contributed by atoms with Gasteiger partial charge in [0.25, 0.3) is 0 Å². The second-order valence-corrected chi connectivity index (χ2v) is 7.34. The quantitative estimate of drug-likeness (QED) is 0.262. The molecule has 0 amide bonds. The normalized spacial score (nSPS) is 10.9. The Morgan fingerprint density at radius 1 is 0.679 bits per heavy atom. The van der Waals surface area contributed by atoms with Crippen LogP contribution in [0.4, 0.5) is 16.4 Å². The molecule has 0 spiro atoms. The molecule has 0 unspecified atom stereocenters. The van der Waals surface area contributed by atoms with Gasteiger partial charge in [-0.25, -0.2) is 0 Å². The van der Waals surface area contributed by atoms with Gasteiger partial charge in [-0.05, 0) is 48.6 Å². The van der Waals surface area contributed by atoms with E-state index in [9.17, 15) is 4.79 Å². The number of thiophene rings is 1. The van der Waals surface area contributed by atoms with E-state index in [1.54, 1.807) is 17.4 Å². The van der Waals surface area contributed by atoms with Crippen LogP contribution < -0.4 is 4.90 Å². The Morgan fingerprint density at radius 3 is 1.79 bits per heavy atom. The van der Waals surface area contributed by atoms with Gasteiger partial charge in [0, 0.05) is 21.8 Å². The second kappa shape index (κ2) is 8.51. The van der Waals surface area contributed by atoms with Crippen LogP contribution in [0.15, 0.2) is 109 Å². The average molecular weight is 382 g/mol. The second-order valence-electron chi connectivity index (χ2n) is 6.25. The van der Waals surface area contributed by atoms with Crippen molar-refractivity contribution in [1.82, 2.24) is 0 Å². The molecule has 0 saturated carbocycles. The van der Waals surface area contributed by atoms with Gasteiger partial charge in [-0.1, -0.05) is 66.7 Å². The lowest BCUT2D eigenvalue weighted by molar-refractivity contribution is 0.104. The Balaban J connectivity index is 1.62. The molecule has 1 heterocycles. The third-order valence-corrected chi connectivity index (χ3v) is 5.35. The molecule has 0 bridgehead atoms. The highest BCUT2D eigenvalue weighted by atomic mass is 32.1. The molecule has 4 aromatic rings. The molecule has 136 valence electrons. The van der Waals surface area contributed by atoms with Gasteiger partial charge in [0.1, 0.15) is 5.00 Å². The van der Waals surface area contributed by atoms with E-state index in [0.717, 1.165) is 21.3 Å². The summed E-state index contributed by atoms with van der Waals surface area (Å²) in [6.45, 7) is 0. The molecule has 0 saturated heterocycles. The van der Waals surface area contributed by atoms with Crippen LogP contribution in [0.5, 0.6) is 0 Å². The highest BCUT2D eigenvalue weighted by Crippen LogP contribution is 2.38. The standard InChI is InChI=1S/C25H19NOS/c27-24(20-10-4-1-5-11-20)18-16-23-17-19-25(28-23)26(21-12-6-2-7-13-21)22-14-8-3-9-15-22/h1-19H/b18-16+. The highest BCUT2D eigenvalue weighted by Gasteiger charge is 2.13. The number of allylic oxidation sites excluding steroid dienone is 1. The van der Waals surface area contributed by atoms with Crippen LogP contribution in [0, 0.1) is 0 Å². The van der Waals surface area contributed by atoms with Gasteiger partial charge in [-0.3, -0.25) is 4.79 Å². The van der Waals surface area contributed by atoms with Crippen molar-refractivity contribution in [2.75, 3.05) is 4.90 Å². The summed E-state index contributed by atoms with van der Waals surface area (Å²) in [6.07, 6.45) is 3.53. The van der Waals surface area contributed by atoms with Gasteiger partial charge in [-0.2, -0.15) is 0 Å². The third kappa shape index (κ3) is 4.11. The summed E-state index contributed by atoms with van der Waals surface area (Å²) in [5, 5.41) is 1.10. The molecule has 4 rings (SSSR count). The number of carbonyl (C=O) groups is 1. The number of nitrogens with zero attached hydrogens (tertiary/aromatic N) is 1. The molecule has 3 aromatic carbocycles. The number of hydrogen-bond donors (Lipinski definition) is 0. The van der Waals surface area contributed by atoms with Gasteiger partial charge in [0.2, 0.25) is 0 Å². The van der Waals surface area contributed by atoms with Crippen LogP contribution in [0.25, 0.3) is 6.08 Å². The Morgan fingerprint density at radius 2 is 1.21 bits per heavy atom. The summed E-state index contributed by atoms with van der Waals surface area (Å²) in [5.74, 6) is 0.0125. The van der Waals surface area contributed by atoms with E-state index in [0.29, 0.717) is 5.56 Å². The number of anilines is 3. The molecule has 0 N–H and O–H groups in total. The third-order valence-electron chi connectivity index (χ3n) is 4.32. The molecule has 0 fully saturated rings. The van der Waals surface area contributed by atoms with Crippen molar-refractivity contribution in [3.8, 4) is 0 Å². The molecule has 0 aliphatic rings. The van der Waals surface area contributed by atoms with Gasteiger partial charge in [-0.15, -0.1) is 11.3 Å². The fraction of sp³-hybridized carbons (Fsp3) is 0. The Labute approximate surface area is 169 Å². The van der Waals surface area contributed by atoms with E-state index in [2.05, 4.69) is 35.2 Å². The average Bonchev–Trinajstić information content (AvgIpc) is 3.23. The topological polar surface area (TPSA) is 20.3 Å². The predicted octanol–water partition coefficient (Wildman–Crippen LogP) is 7.11. The molecule has 28 heavy (non-hydrogen) atoms. The zero-order valence-electron chi connectivity index (χ0n) is 15.2. The van der Waals surface area contributed by atoms with Crippen LogP contribution in [-0.2, 0) is 0 Å². The number of rotatable bonds is 6. The molecular weight excluding hydrogens is 362 g/mol. The summed E-state index contributed by atoms with van der Waals surface area (Å²) in [7, 11) is 0. The minimum absolute atomic E-state index is 0.0125. The molecular formula is C25H19NOS. The number of benzene rings is 3. The van der Waals surface area contributed by atoms with Crippen molar-refractivity contribution in [1.29, 1.82) is 0 Å². The van der Waals surface area contributed by atoms with E-state index >= 15 is 0 Å². The van der Waals surface area contributed by atoms with Crippen LogP contribution >= 0.6 is 11.3 Å². The zero-order valence-corrected chi connectivity index (χ0v) is 16.0.